The van der Waals surface area contributed by atoms with E-state index in [9.17, 15) is 61.5 Å². The van der Waals surface area contributed by atoms with Crippen molar-refractivity contribution in [3.05, 3.63) is 11.9 Å². The summed E-state index contributed by atoms with van der Waals surface area (Å²) in [6, 6.07) is 0. The zero-order valence-electron chi connectivity index (χ0n) is 8.79. The van der Waals surface area contributed by atoms with E-state index in [2.05, 4.69) is 0 Å². The van der Waals surface area contributed by atoms with Crippen LogP contribution in [0.15, 0.2) is 11.9 Å². The Bertz CT molecular complexity index is 404. The highest BCUT2D eigenvalue weighted by molar-refractivity contribution is 5.20. The summed E-state index contributed by atoms with van der Waals surface area (Å²) in [5, 5.41) is 0. The van der Waals surface area contributed by atoms with E-state index >= 15 is 0 Å². The van der Waals surface area contributed by atoms with E-state index in [4.69, 9.17) is 0 Å². The number of hydrogen-bond donors (Lipinski definition) is 0. The summed E-state index contributed by atoms with van der Waals surface area (Å²) < 4.78 is 169. The van der Waals surface area contributed by atoms with Crippen molar-refractivity contribution in [2.75, 3.05) is 0 Å². The topological polar surface area (TPSA) is 0 Å². The van der Waals surface area contributed by atoms with E-state index in [0.717, 1.165) is 0 Å². The van der Waals surface area contributed by atoms with Gasteiger partial charge in [0.2, 0.25) is 5.83 Å². The summed E-state index contributed by atoms with van der Waals surface area (Å²) in [5.41, 5.74) is -7.97. The van der Waals surface area contributed by atoms with Crippen molar-refractivity contribution in [2.24, 2.45) is 0 Å². The molecule has 0 aromatic heterocycles. The van der Waals surface area contributed by atoms with Gasteiger partial charge in [0.25, 0.3) is 0 Å². The van der Waals surface area contributed by atoms with Crippen molar-refractivity contribution in [2.45, 2.75) is 29.9 Å². The van der Waals surface area contributed by atoms with E-state index in [0.29, 0.717) is 0 Å². The van der Waals surface area contributed by atoms with E-state index in [1.54, 1.807) is 0 Å². The van der Waals surface area contributed by atoms with Crippen LogP contribution in [-0.2, 0) is 0 Å². The molecule has 0 aromatic rings. The van der Waals surface area contributed by atoms with Crippen molar-refractivity contribution in [1.82, 2.24) is 0 Å². The van der Waals surface area contributed by atoms with Gasteiger partial charge in [0, 0.05) is 0 Å². The van der Waals surface area contributed by atoms with Gasteiger partial charge in [-0.15, -0.1) is 0 Å². The van der Waals surface area contributed by atoms with Gasteiger partial charge in [0.05, 0.1) is 0 Å². The minimum Gasteiger partial charge on any atom is -0.216 e. The Morgan fingerprint density at radius 2 is 0.810 bits per heavy atom. The normalized spacial score (nSPS) is 15.1. The zero-order valence-corrected chi connectivity index (χ0v) is 8.79. The highest BCUT2D eigenvalue weighted by atomic mass is 19.4. The number of rotatable bonds is 3. The highest BCUT2D eigenvalue weighted by Crippen LogP contribution is 2.60. The van der Waals surface area contributed by atoms with Crippen LogP contribution in [0, 0.1) is 0 Å². The second-order valence-corrected chi connectivity index (χ2v) is 3.38. The van der Waals surface area contributed by atoms with Crippen molar-refractivity contribution in [3.63, 3.8) is 0 Å². The third kappa shape index (κ3) is 2.63. The molecular weight excluding hydrogens is 350 g/mol. The largest absolute Gasteiger partial charge is 0.438 e. The van der Waals surface area contributed by atoms with Crippen molar-refractivity contribution < 1.29 is 61.5 Å². The Kier molecular flexibility index (Phi) is 4.61. The van der Waals surface area contributed by atoms with Crippen LogP contribution in [0.2, 0.25) is 0 Å². The lowest BCUT2D eigenvalue weighted by Gasteiger charge is -2.38. The molecule has 0 rings (SSSR count). The van der Waals surface area contributed by atoms with Gasteiger partial charge >= 0.3 is 35.9 Å². The monoisotopic (exact) mass is 350 g/mol. The van der Waals surface area contributed by atoms with Crippen molar-refractivity contribution in [1.29, 1.82) is 0 Å². The second kappa shape index (κ2) is 4.90. The minimum absolute atomic E-state index is 4.34. The molecular formula is C7F14. The maximum atomic E-state index is 12.8. The van der Waals surface area contributed by atoms with Crippen LogP contribution in [0.5, 0.6) is 0 Å². The number of allylic oxidation sites excluding steroid dienone is 1. The van der Waals surface area contributed by atoms with Gasteiger partial charge < -0.3 is 0 Å². The smallest absolute Gasteiger partial charge is 0.216 e. The predicted molar refractivity (Wildman–Crippen MR) is 36.2 cm³/mol. The quantitative estimate of drug-likeness (QED) is 0.617. The van der Waals surface area contributed by atoms with Gasteiger partial charge in [0.15, 0.2) is 0 Å². The highest BCUT2D eigenvalue weighted by Gasteiger charge is 2.91. The second-order valence-electron chi connectivity index (χ2n) is 3.38. The van der Waals surface area contributed by atoms with E-state index in [1.807, 2.05) is 0 Å². The number of alkyl halides is 11. The first-order chi connectivity index (χ1) is 8.85. The summed E-state index contributed by atoms with van der Waals surface area (Å²) >= 11 is 0. The van der Waals surface area contributed by atoms with Crippen molar-refractivity contribution in [3.8, 4) is 0 Å². The van der Waals surface area contributed by atoms with Crippen LogP contribution in [0.3, 0.4) is 0 Å². The minimum atomic E-state index is -7.97. The molecule has 0 aliphatic rings. The number of halogens is 14. The molecule has 0 atom stereocenters. The molecule has 0 N–H and O–H groups in total. The molecule has 0 heterocycles. The molecule has 0 fully saturated rings. The third-order valence-electron chi connectivity index (χ3n) is 2.05. The predicted octanol–water partition coefficient (Wildman–Crippen LogP) is 5.17. The summed E-state index contributed by atoms with van der Waals surface area (Å²) in [7, 11) is 0. The lowest BCUT2D eigenvalue weighted by atomic mass is 9.90. The first-order valence-corrected chi connectivity index (χ1v) is 4.15. The fourth-order valence-corrected chi connectivity index (χ4v) is 0.990. The lowest BCUT2D eigenvalue weighted by molar-refractivity contribution is -0.423. The molecule has 0 aliphatic carbocycles. The Balaban J connectivity index is 6.50. The lowest BCUT2D eigenvalue weighted by Crippen LogP contribution is -2.70. The summed E-state index contributed by atoms with van der Waals surface area (Å²) in [4.78, 5) is 0. The van der Waals surface area contributed by atoms with Crippen LogP contribution in [0.25, 0.3) is 0 Å². The molecule has 126 valence electrons. The average molecular weight is 350 g/mol. The van der Waals surface area contributed by atoms with Gasteiger partial charge in [-0.1, -0.05) is 0 Å². The van der Waals surface area contributed by atoms with Gasteiger partial charge in [0.1, 0.15) is 0 Å². The molecule has 0 nitrogen and oxygen atoms in total. The molecule has 0 unspecified atom stereocenters. The molecule has 14 heteroatoms. The zero-order chi connectivity index (χ0) is 17.7. The molecule has 0 radical (unpaired) electrons. The average Bonchev–Trinajstić information content (AvgIpc) is 2.22. The standard InChI is InChI=1S/C7F14/c8-1(2(9)10)3(11,12)5(14,15)4(13,6(16,17)18)7(19,20)21. The third-order valence-corrected chi connectivity index (χ3v) is 2.05. The van der Waals surface area contributed by atoms with Crippen LogP contribution in [0.4, 0.5) is 61.5 Å². The molecule has 0 bridgehead atoms. The molecule has 0 aromatic carbocycles. The molecule has 0 spiro atoms. The van der Waals surface area contributed by atoms with Gasteiger partial charge in [-0.2, -0.15) is 57.1 Å². The van der Waals surface area contributed by atoms with Crippen LogP contribution in [0.1, 0.15) is 0 Å². The Morgan fingerprint density at radius 1 is 0.524 bits per heavy atom. The van der Waals surface area contributed by atoms with Gasteiger partial charge in [-0.3, -0.25) is 0 Å². The molecule has 0 aliphatic heterocycles. The van der Waals surface area contributed by atoms with E-state index < -0.39 is 41.8 Å². The molecule has 0 amide bonds. The maximum absolute atomic E-state index is 12.8. The van der Waals surface area contributed by atoms with Crippen LogP contribution < -0.4 is 0 Å². The number of hydrogen-bond acceptors (Lipinski definition) is 0. The summed E-state index contributed by atoms with van der Waals surface area (Å²) in [5.74, 6) is -20.0. The van der Waals surface area contributed by atoms with Crippen LogP contribution in [-0.4, -0.2) is 29.9 Å². The molecule has 21 heavy (non-hydrogen) atoms. The summed E-state index contributed by atoms with van der Waals surface area (Å²) in [6.45, 7) is 0. The van der Waals surface area contributed by atoms with Gasteiger partial charge in [-0.25, -0.2) is 4.39 Å². The molecule has 0 saturated heterocycles. The Labute approximate surface area is 105 Å². The van der Waals surface area contributed by atoms with Gasteiger partial charge in [-0.05, 0) is 0 Å². The first kappa shape index (κ1) is 19.8. The van der Waals surface area contributed by atoms with E-state index in [-0.39, 0.29) is 0 Å². The fraction of sp³-hybridized carbons (Fsp3) is 0.714. The first-order valence-electron chi connectivity index (χ1n) is 4.15. The van der Waals surface area contributed by atoms with E-state index in [1.165, 1.54) is 0 Å². The fourth-order valence-electron chi connectivity index (χ4n) is 0.990. The Hall–Kier alpha value is -1.24. The Morgan fingerprint density at radius 3 is 1.00 bits per heavy atom. The summed E-state index contributed by atoms with van der Waals surface area (Å²) in [6.07, 6.45) is -19.7. The van der Waals surface area contributed by atoms with Crippen molar-refractivity contribution >= 4 is 0 Å². The molecule has 0 saturated carbocycles. The maximum Gasteiger partial charge on any atom is 0.438 e. The SMILES string of the molecule is FC(F)=C(F)C(F)(F)C(F)(F)C(F)(C(F)(F)F)C(F)(F)F. The van der Waals surface area contributed by atoms with Crippen LogP contribution >= 0.6 is 0 Å².